The largest absolute Gasteiger partial charge is 0.369 e. The Hall–Kier alpha value is -3.77. The summed E-state index contributed by atoms with van der Waals surface area (Å²) in [5.41, 5.74) is 2.15. The summed E-state index contributed by atoms with van der Waals surface area (Å²) in [7, 11) is -0.273. The van der Waals surface area contributed by atoms with Crippen LogP contribution in [0, 0.1) is 0 Å². The predicted octanol–water partition coefficient (Wildman–Crippen LogP) is 0.627. The zero-order valence-electron chi connectivity index (χ0n) is 20.7. The number of rotatable bonds is 5. The first kappa shape index (κ1) is 24.9. The summed E-state index contributed by atoms with van der Waals surface area (Å²) >= 11 is 0. The highest BCUT2D eigenvalue weighted by molar-refractivity contribution is 7.91. The molecular formula is C25H29N7O4S. The van der Waals surface area contributed by atoms with E-state index in [9.17, 15) is 18.0 Å². The minimum absolute atomic E-state index is 0.0724. The van der Waals surface area contributed by atoms with Gasteiger partial charge in [0.25, 0.3) is 5.91 Å². The zero-order chi connectivity index (χ0) is 26.2. The van der Waals surface area contributed by atoms with Crippen LogP contribution in [0.25, 0.3) is 0 Å². The van der Waals surface area contributed by atoms with Crippen molar-refractivity contribution in [2.24, 2.45) is 0 Å². The molecule has 0 unspecified atom stereocenters. The number of sulfone groups is 1. The SMILES string of the molecule is CN1CCN(c2ccc3c(c2)N(C)C(=O)[C@@H](NC(=O)c2ncn(Cc4ccccc4)n2)CS3(=O)=O)CC1. The second kappa shape index (κ2) is 9.94. The molecule has 3 aromatic rings. The van der Waals surface area contributed by atoms with Crippen LogP contribution in [0.15, 0.2) is 59.8 Å². The topological polar surface area (TPSA) is 121 Å². The molecule has 2 aliphatic heterocycles. The molecule has 1 saturated heterocycles. The van der Waals surface area contributed by atoms with E-state index in [0.29, 0.717) is 12.2 Å². The monoisotopic (exact) mass is 523 g/mol. The molecular weight excluding hydrogens is 494 g/mol. The summed E-state index contributed by atoms with van der Waals surface area (Å²) in [5.74, 6) is -1.91. The summed E-state index contributed by atoms with van der Waals surface area (Å²) in [6.45, 7) is 3.83. The van der Waals surface area contributed by atoms with Gasteiger partial charge in [-0.05, 0) is 30.8 Å². The van der Waals surface area contributed by atoms with Gasteiger partial charge in [-0.3, -0.25) is 9.59 Å². The molecule has 0 saturated carbocycles. The predicted molar refractivity (Wildman–Crippen MR) is 138 cm³/mol. The zero-order valence-corrected chi connectivity index (χ0v) is 21.6. The van der Waals surface area contributed by atoms with E-state index in [4.69, 9.17) is 0 Å². The smallest absolute Gasteiger partial charge is 0.291 e. The molecule has 2 amide bonds. The Morgan fingerprint density at radius 1 is 1.05 bits per heavy atom. The number of nitrogens with one attached hydrogen (secondary N) is 1. The van der Waals surface area contributed by atoms with Crippen molar-refractivity contribution in [3.8, 4) is 0 Å². The summed E-state index contributed by atoms with van der Waals surface area (Å²) in [6, 6.07) is 13.4. The number of anilines is 2. The van der Waals surface area contributed by atoms with E-state index in [1.807, 2.05) is 30.3 Å². The third kappa shape index (κ3) is 5.20. The standard InChI is InChI=1S/C25H29N7O4S/c1-29-10-12-31(13-11-29)19-8-9-22-21(14-19)30(2)25(34)20(16-37(22,35)36)27-24(33)23-26-17-32(28-23)15-18-6-4-3-5-7-18/h3-9,14,17,20H,10-13,15-16H2,1-2H3,(H,27,33)/t20-/m0/s1. The van der Waals surface area contributed by atoms with E-state index >= 15 is 0 Å². The van der Waals surface area contributed by atoms with Crippen LogP contribution in [0.2, 0.25) is 0 Å². The Balaban J connectivity index is 1.34. The maximum Gasteiger partial charge on any atom is 0.291 e. The molecule has 1 atom stereocenters. The Kier molecular flexibility index (Phi) is 6.69. The third-order valence-corrected chi connectivity index (χ3v) is 8.54. The van der Waals surface area contributed by atoms with Crippen molar-refractivity contribution >= 4 is 33.0 Å². The van der Waals surface area contributed by atoms with Crippen molar-refractivity contribution in [2.45, 2.75) is 17.5 Å². The number of benzene rings is 2. The van der Waals surface area contributed by atoms with Crippen LogP contribution in [0.4, 0.5) is 11.4 Å². The number of nitrogens with zero attached hydrogens (tertiary/aromatic N) is 6. The Morgan fingerprint density at radius 2 is 1.78 bits per heavy atom. The van der Waals surface area contributed by atoms with Crippen LogP contribution < -0.4 is 15.1 Å². The molecule has 0 radical (unpaired) electrons. The molecule has 1 N–H and O–H groups in total. The lowest BCUT2D eigenvalue weighted by atomic mass is 10.2. The molecule has 1 aromatic heterocycles. The maximum absolute atomic E-state index is 13.3. The highest BCUT2D eigenvalue weighted by Crippen LogP contribution is 2.33. The van der Waals surface area contributed by atoms with Crippen LogP contribution in [0.1, 0.15) is 16.2 Å². The fourth-order valence-electron chi connectivity index (χ4n) is 4.60. The summed E-state index contributed by atoms with van der Waals surface area (Å²) in [6.07, 6.45) is 1.43. The minimum Gasteiger partial charge on any atom is -0.369 e. The van der Waals surface area contributed by atoms with Gasteiger partial charge in [-0.15, -0.1) is 5.10 Å². The highest BCUT2D eigenvalue weighted by Gasteiger charge is 2.38. The first-order valence-electron chi connectivity index (χ1n) is 12.0. The number of aromatic nitrogens is 3. The second-order valence-corrected chi connectivity index (χ2v) is 11.4. The molecule has 0 aliphatic carbocycles. The van der Waals surface area contributed by atoms with Crippen molar-refractivity contribution in [1.29, 1.82) is 0 Å². The van der Waals surface area contributed by atoms with Gasteiger partial charge in [0.2, 0.25) is 11.7 Å². The second-order valence-electron chi connectivity index (χ2n) is 9.40. The van der Waals surface area contributed by atoms with E-state index in [0.717, 1.165) is 37.4 Å². The van der Waals surface area contributed by atoms with Crippen LogP contribution in [0.3, 0.4) is 0 Å². The minimum atomic E-state index is -3.86. The van der Waals surface area contributed by atoms with E-state index < -0.39 is 33.4 Å². The van der Waals surface area contributed by atoms with Crippen LogP contribution in [-0.2, 0) is 21.2 Å². The van der Waals surface area contributed by atoms with Gasteiger partial charge in [-0.25, -0.2) is 18.1 Å². The fourth-order valence-corrected chi connectivity index (χ4v) is 6.23. The highest BCUT2D eigenvalue weighted by atomic mass is 32.2. The summed E-state index contributed by atoms with van der Waals surface area (Å²) in [5, 5.41) is 6.74. The van der Waals surface area contributed by atoms with Crippen LogP contribution in [-0.4, -0.2) is 92.0 Å². The average Bonchev–Trinajstić information content (AvgIpc) is 3.34. The third-order valence-electron chi connectivity index (χ3n) is 6.75. The van der Waals surface area contributed by atoms with Gasteiger partial charge >= 0.3 is 0 Å². The summed E-state index contributed by atoms with van der Waals surface area (Å²) in [4.78, 5) is 36.0. The van der Waals surface area contributed by atoms with E-state index in [-0.39, 0.29) is 10.7 Å². The molecule has 2 aliphatic rings. The van der Waals surface area contributed by atoms with Gasteiger partial charge < -0.3 is 20.0 Å². The van der Waals surface area contributed by atoms with Gasteiger partial charge in [-0.2, -0.15) is 0 Å². The van der Waals surface area contributed by atoms with Crippen LogP contribution >= 0.6 is 0 Å². The number of piperazine rings is 1. The van der Waals surface area contributed by atoms with Gasteiger partial charge in [-0.1, -0.05) is 30.3 Å². The molecule has 12 heteroatoms. The Morgan fingerprint density at radius 3 is 2.51 bits per heavy atom. The fraction of sp³-hybridized carbons (Fsp3) is 0.360. The van der Waals surface area contributed by atoms with Crippen molar-refractivity contribution in [1.82, 2.24) is 25.0 Å². The quantitative estimate of drug-likeness (QED) is 0.517. The number of hydrogen-bond donors (Lipinski definition) is 1. The van der Waals surface area contributed by atoms with Crippen LogP contribution in [0.5, 0.6) is 0 Å². The van der Waals surface area contributed by atoms with Crippen molar-refractivity contribution in [2.75, 3.05) is 55.8 Å². The number of likely N-dealkylation sites (N-methyl/N-ethyl adjacent to an activating group) is 2. The number of hydrogen-bond acceptors (Lipinski definition) is 8. The molecule has 1 fully saturated rings. The van der Waals surface area contributed by atoms with E-state index in [2.05, 4.69) is 32.2 Å². The van der Waals surface area contributed by atoms with Crippen molar-refractivity contribution in [3.63, 3.8) is 0 Å². The molecule has 2 aromatic carbocycles. The van der Waals surface area contributed by atoms with Crippen molar-refractivity contribution in [3.05, 3.63) is 66.2 Å². The molecule has 0 spiro atoms. The molecule has 3 heterocycles. The van der Waals surface area contributed by atoms with E-state index in [1.165, 1.54) is 23.0 Å². The lowest BCUT2D eigenvalue weighted by Crippen LogP contribution is -2.49. The average molecular weight is 524 g/mol. The number of carbonyl (C=O) groups is 2. The lowest BCUT2D eigenvalue weighted by molar-refractivity contribution is -0.119. The molecule has 11 nitrogen and oxygen atoms in total. The normalized spacial score (nSPS) is 19.8. The van der Waals surface area contributed by atoms with Gasteiger partial charge in [0.15, 0.2) is 9.84 Å². The van der Waals surface area contributed by atoms with E-state index in [1.54, 1.807) is 18.2 Å². The first-order chi connectivity index (χ1) is 17.7. The molecule has 37 heavy (non-hydrogen) atoms. The molecule has 194 valence electrons. The van der Waals surface area contributed by atoms with Gasteiger partial charge in [0.05, 0.1) is 22.9 Å². The first-order valence-corrected chi connectivity index (χ1v) is 13.7. The van der Waals surface area contributed by atoms with Gasteiger partial charge in [0, 0.05) is 38.9 Å². The summed E-state index contributed by atoms with van der Waals surface area (Å²) < 4.78 is 28.0. The Labute approximate surface area is 215 Å². The number of carbonyl (C=O) groups excluding carboxylic acids is 2. The Bertz CT molecular complexity index is 1420. The molecule has 0 bridgehead atoms. The maximum atomic E-state index is 13.3. The molecule has 5 rings (SSSR count). The number of amides is 2. The van der Waals surface area contributed by atoms with Gasteiger partial charge in [0.1, 0.15) is 12.4 Å². The van der Waals surface area contributed by atoms with Crippen molar-refractivity contribution < 1.29 is 18.0 Å². The number of fused-ring (bicyclic) bond motifs is 1. The lowest BCUT2D eigenvalue weighted by Gasteiger charge is -2.34.